The number of hydrogen-bond donors (Lipinski definition) is 1. The van der Waals surface area contributed by atoms with Crippen molar-refractivity contribution in [3.63, 3.8) is 0 Å². The lowest BCUT2D eigenvalue weighted by atomic mass is 10.1. The Kier molecular flexibility index (Phi) is 8.16. The number of rotatable bonds is 4. The summed E-state index contributed by atoms with van der Waals surface area (Å²) in [6, 6.07) is 6.59. The Bertz CT molecular complexity index is 636. The van der Waals surface area contributed by atoms with E-state index in [9.17, 15) is 9.59 Å². The summed E-state index contributed by atoms with van der Waals surface area (Å²) < 4.78 is 11.0. The number of carbonyl (C=O) groups excluding carboxylic acids is 2. The van der Waals surface area contributed by atoms with Gasteiger partial charge in [0.1, 0.15) is 11.8 Å². The number of carbonyl (C=O) groups is 2. The van der Waals surface area contributed by atoms with Crippen LogP contribution in [-0.2, 0) is 14.3 Å². The van der Waals surface area contributed by atoms with Crippen molar-refractivity contribution < 1.29 is 19.1 Å². The van der Waals surface area contributed by atoms with E-state index in [1.54, 1.807) is 34.1 Å². The molecule has 1 aromatic carbocycles. The van der Waals surface area contributed by atoms with Crippen LogP contribution in [-0.4, -0.2) is 79.7 Å². The molecule has 1 N–H and O–H groups in total. The smallest absolute Gasteiger partial charge is 0.260 e. The maximum Gasteiger partial charge on any atom is 0.260 e. The van der Waals surface area contributed by atoms with Gasteiger partial charge in [0.2, 0.25) is 5.91 Å². The molecule has 2 heterocycles. The van der Waals surface area contributed by atoms with E-state index in [1.165, 1.54) is 0 Å². The molecular formula is C18H25Cl2N3O4. The SMILES string of the molecule is C[C@H]1OCCN[C@@H]1C(=O)N1CCN(C(=O)COc2ccc(Cl)cc2)CC1.Cl. The molecule has 2 fully saturated rings. The van der Waals surface area contributed by atoms with Crippen molar-refractivity contribution in [2.75, 3.05) is 45.9 Å². The van der Waals surface area contributed by atoms with Gasteiger partial charge in [-0.1, -0.05) is 11.6 Å². The Morgan fingerprint density at radius 2 is 1.81 bits per heavy atom. The Labute approximate surface area is 170 Å². The lowest BCUT2D eigenvalue weighted by Gasteiger charge is -2.38. The highest BCUT2D eigenvalue weighted by atomic mass is 35.5. The number of hydrogen-bond acceptors (Lipinski definition) is 5. The molecule has 9 heteroatoms. The van der Waals surface area contributed by atoms with Gasteiger partial charge in [0.15, 0.2) is 6.61 Å². The first-order valence-electron chi connectivity index (χ1n) is 8.84. The van der Waals surface area contributed by atoms with Gasteiger partial charge in [-0.3, -0.25) is 9.59 Å². The zero-order chi connectivity index (χ0) is 18.5. The van der Waals surface area contributed by atoms with E-state index in [1.807, 2.05) is 6.92 Å². The Morgan fingerprint density at radius 3 is 2.44 bits per heavy atom. The number of nitrogens with one attached hydrogen (secondary N) is 1. The standard InChI is InChI=1S/C18H24ClN3O4.ClH/c1-13-17(20-6-11-25-13)18(24)22-9-7-21(8-10-22)16(23)12-26-15-4-2-14(19)3-5-15;/h2-5,13,17,20H,6-12H2,1H3;1H/t13-,17+;/m1./s1. The van der Waals surface area contributed by atoms with Crippen molar-refractivity contribution in [1.29, 1.82) is 0 Å². The molecule has 27 heavy (non-hydrogen) atoms. The van der Waals surface area contributed by atoms with Crippen LogP contribution in [0.25, 0.3) is 0 Å². The third-order valence-electron chi connectivity index (χ3n) is 4.70. The highest BCUT2D eigenvalue weighted by molar-refractivity contribution is 6.30. The number of nitrogens with zero attached hydrogens (tertiary/aromatic N) is 2. The molecule has 2 aliphatic rings. The summed E-state index contributed by atoms with van der Waals surface area (Å²) >= 11 is 5.83. The largest absolute Gasteiger partial charge is 0.484 e. The molecule has 0 aliphatic carbocycles. The quantitative estimate of drug-likeness (QED) is 0.796. The molecule has 2 saturated heterocycles. The monoisotopic (exact) mass is 417 g/mol. The van der Waals surface area contributed by atoms with Crippen LogP contribution in [0.4, 0.5) is 0 Å². The molecule has 0 aromatic heterocycles. The summed E-state index contributed by atoms with van der Waals surface area (Å²) in [6.07, 6.45) is -0.135. The van der Waals surface area contributed by atoms with Crippen molar-refractivity contribution in [2.24, 2.45) is 0 Å². The van der Waals surface area contributed by atoms with E-state index in [-0.39, 0.29) is 43.0 Å². The van der Waals surface area contributed by atoms with Gasteiger partial charge in [0.25, 0.3) is 5.91 Å². The summed E-state index contributed by atoms with van der Waals surface area (Å²) in [5.74, 6) is 0.565. The van der Waals surface area contributed by atoms with E-state index < -0.39 is 0 Å². The molecule has 0 bridgehead atoms. The molecule has 0 unspecified atom stereocenters. The Hall–Kier alpha value is -1.54. The fraction of sp³-hybridized carbons (Fsp3) is 0.556. The fourth-order valence-electron chi connectivity index (χ4n) is 3.15. The number of halogens is 2. The molecule has 0 saturated carbocycles. The first kappa shape index (κ1) is 21.8. The van der Waals surface area contributed by atoms with Crippen molar-refractivity contribution in [3.05, 3.63) is 29.3 Å². The molecule has 0 spiro atoms. The minimum atomic E-state index is -0.306. The van der Waals surface area contributed by atoms with Crippen LogP contribution >= 0.6 is 24.0 Å². The summed E-state index contributed by atoms with van der Waals surface area (Å²) in [5, 5.41) is 3.84. The first-order valence-corrected chi connectivity index (χ1v) is 9.22. The first-order chi connectivity index (χ1) is 12.5. The number of morpholine rings is 1. The van der Waals surface area contributed by atoms with Gasteiger partial charge < -0.3 is 24.6 Å². The van der Waals surface area contributed by atoms with Gasteiger partial charge in [0.05, 0.1) is 12.7 Å². The van der Waals surface area contributed by atoms with Crippen molar-refractivity contribution in [1.82, 2.24) is 15.1 Å². The van der Waals surface area contributed by atoms with E-state index in [0.717, 1.165) is 0 Å². The van der Waals surface area contributed by atoms with Crippen LogP contribution in [0.5, 0.6) is 5.75 Å². The molecule has 2 amide bonds. The Balaban J connectivity index is 0.00000261. The molecular weight excluding hydrogens is 393 g/mol. The molecule has 150 valence electrons. The van der Waals surface area contributed by atoms with E-state index >= 15 is 0 Å². The third-order valence-corrected chi connectivity index (χ3v) is 4.95. The maximum atomic E-state index is 12.6. The highest BCUT2D eigenvalue weighted by Crippen LogP contribution is 2.16. The minimum absolute atomic E-state index is 0. The zero-order valence-electron chi connectivity index (χ0n) is 15.2. The van der Waals surface area contributed by atoms with Gasteiger partial charge >= 0.3 is 0 Å². The van der Waals surface area contributed by atoms with Crippen LogP contribution in [0.3, 0.4) is 0 Å². The predicted molar refractivity (Wildman–Crippen MR) is 105 cm³/mol. The third kappa shape index (κ3) is 5.72. The second-order valence-electron chi connectivity index (χ2n) is 6.46. The van der Waals surface area contributed by atoms with E-state index in [2.05, 4.69) is 5.32 Å². The van der Waals surface area contributed by atoms with E-state index in [4.69, 9.17) is 21.1 Å². The number of benzene rings is 1. The molecule has 7 nitrogen and oxygen atoms in total. The number of ether oxygens (including phenoxy) is 2. The maximum absolute atomic E-state index is 12.6. The molecule has 2 aliphatic heterocycles. The second kappa shape index (κ2) is 10.1. The molecule has 0 radical (unpaired) electrons. The van der Waals surface area contributed by atoms with Crippen LogP contribution in [0.15, 0.2) is 24.3 Å². The highest BCUT2D eigenvalue weighted by Gasteiger charge is 2.33. The van der Waals surface area contributed by atoms with Gasteiger partial charge in [-0.05, 0) is 31.2 Å². The summed E-state index contributed by atoms with van der Waals surface area (Å²) in [4.78, 5) is 28.5. The van der Waals surface area contributed by atoms with Gasteiger partial charge in [-0.15, -0.1) is 12.4 Å². The summed E-state index contributed by atoms with van der Waals surface area (Å²) in [7, 11) is 0. The second-order valence-corrected chi connectivity index (χ2v) is 6.89. The summed E-state index contributed by atoms with van der Waals surface area (Å²) in [5.41, 5.74) is 0. The number of piperazine rings is 1. The average Bonchev–Trinajstić information content (AvgIpc) is 2.67. The van der Waals surface area contributed by atoms with Gasteiger partial charge in [-0.25, -0.2) is 0 Å². The average molecular weight is 418 g/mol. The van der Waals surface area contributed by atoms with Crippen molar-refractivity contribution >= 4 is 35.8 Å². The lowest BCUT2D eigenvalue weighted by molar-refractivity contribution is -0.145. The van der Waals surface area contributed by atoms with Crippen molar-refractivity contribution in [3.8, 4) is 5.75 Å². The minimum Gasteiger partial charge on any atom is -0.484 e. The van der Waals surface area contributed by atoms with E-state index in [0.29, 0.717) is 50.1 Å². The van der Waals surface area contributed by atoms with Gasteiger partial charge in [-0.2, -0.15) is 0 Å². The number of amides is 2. The molecule has 3 rings (SSSR count). The van der Waals surface area contributed by atoms with Crippen LogP contribution in [0, 0.1) is 0 Å². The zero-order valence-corrected chi connectivity index (χ0v) is 16.8. The molecule has 2 atom stereocenters. The van der Waals surface area contributed by atoms with Crippen molar-refractivity contribution in [2.45, 2.75) is 19.1 Å². The summed E-state index contributed by atoms with van der Waals surface area (Å²) in [6.45, 7) is 5.26. The lowest BCUT2D eigenvalue weighted by Crippen LogP contribution is -2.60. The predicted octanol–water partition coefficient (Wildman–Crippen LogP) is 1.19. The Morgan fingerprint density at radius 1 is 1.19 bits per heavy atom. The van der Waals surface area contributed by atoms with Gasteiger partial charge in [0, 0.05) is 37.7 Å². The normalized spacial score (nSPS) is 22.7. The topological polar surface area (TPSA) is 71.1 Å². The van der Waals surface area contributed by atoms with Crippen LogP contribution in [0.1, 0.15) is 6.92 Å². The fourth-order valence-corrected chi connectivity index (χ4v) is 3.28. The van der Waals surface area contributed by atoms with Crippen LogP contribution in [0.2, 0.25) is 5.02 Å². The molecule has 1 aromatic rings. The van der Waals surface area contributed by atoms with Crippen LogP contribution < -0.4 is 10.1 Å².